The number of carbonyl (C=O) groups is 2. The predicted octanol–water partition coefficient (Wildman–Crippen LogP) is 3.42. The van der Waals surface area contributed by atoms with Gasteiger partial charge in [-0.05, 0) is 30.7 Å². The highest BCUT2D eigenvalue weighted by Gasteiger charge is 2.38. The van der Waals surface area contributed by atoms with Crippen LogP contribution in [0, 0.1) is 0 Å². The van der Waals surface area contributed by atoms with Gasteiger partial charge in [0.1, 0.15) is 0 Å². The molecular weight excluding hydrogens is 441 g/mol. The summed E-state index contributed by atoms with van der Waals surface area (Å²) >= 11 is 0. The summed E-state index contributed by atoms with van der Waals surface area (Å²) in [6, 6.07) is 14.3. The van der Waals surface area contributed by atoms with E-state index in [1.54, 1.807) is 12.1 Å². The van der Waals surface area contributed by atoms with Crippen molar-refractivity contribution in [1.29, 1.82) is 0 Å². The summed E-state index contributed by atoms with van der Waals surface area (Å²) in [6.45, 7) is 3.13. The highest BCUT2D eigenvalue weighted by atomic mass is 32.2. The van der Waals surface area contributed by atoms with Crippen LogP contribution < -0.4 is 9.62 Å². The van der Waals surface area contributed by atoms with Crippen molar-refractivity contribution in [3.8, 4) is 0 Å². The first-order valence-electron chi connectivity index (χ1n) is 8.68. The zero-order valence-corrected chi connectivity index (χ0v) is 17.4. The molecule has 0 aliphatic heterocycles. The van der Waals surface area contributed by atoms with Gasteiger partial charge in [-0.1, -0.05) is 30.3 Å². The summed E-state index contributed by atoms with van der Waals surface area (Å²) in [4.78, 5) is 22.4. The largest absolute Gasteiger partial charge is 0.490 e. The molecule has 0 fully saturated rings. The number of halogens is 3. The van der Waals surface area contributed by atoms with Crippen LogP contribution in [-0.4, -0.2) is 49.5 Å². The molecule has 0 amide bonds. The molecule has 0 bridgehead atoms. The third-order valence-corrected chi connectivity index (χ3v) is 4.32. The van der Waals surface area contributed by atoms with Crippen molar-refractivity contribution >= 4 is 33.3 Å². The van der Waals surface area contributed by atoms with Gasteiger partial charge < -0.3 is 15.1 Å². The van der Waals surface area contributed by atoms with Crippen molar-refractivity contribution in [3.05, 3.63) is 59.7 Å². The Kier molecular flexibility index (Phi) is 8.86. The highest BCUT2D eigenvalue weighted by Crippen LogP contribution is 2.26. The lowest BCUT2D eigenvalue weighted by Gasteiger charge is -2.25. The molecule has 170 valence electrons. The zero-order valence-electron chi connectivity index (χ0n) is 16.5. The molecule has 0 aliphatic carbocycles. The number of hydrogen-bond donors (Lipinski definition) is 3. The topological polar surface area (TPSA) is 124 Å². The quantitative estimate of drug-likeness (QED) is 0.576. The van der Waals surface area contributed by atoms with Gasteiger partial charge in [0, 0.05) is 18.8 Å². The van der Waals surface area contributed by atoms with E-state index in [1.807, 2.05) is 42.2 Å². The van der Waals surface area contributed by atoms with Crippen molar-refractivity contribution in [2.75, 3.05) is 22.4 Å². The van der Waals surface area contributed by atoms with Gasteiger partial charge in [-0.15, -0.1) is 0 Å². The van der Waals surface area contributed by atoms with Gasteiger partial charge in [0.2, 0.25) is 10.0 Å². The molecule has 0 spiro atoms. The number of hydrogen-bond acceptors (Lipinski definition) is 5. The molecule has 0 unspecified atom stereocenters. The van der Waals surface area contributed by atoms with E-state index >= 15 is 0 Å². The Hall–Kier alpha value is -3.28. The van der Waals surface area contributed by atoms with E-state index in [1.165, 1.54) is 6.07 Å². The average Bonchev–Trinajstić information content (AvgIpc) is 2.65. The SMILES string of the molecule is CCN(Cc1ccccc1)c1ccc(NS(C)(=O)=O)cc1C(=O)O.O=C(O)C(F)(F)F. The van der Waals surface area contributed by atoms with Crippen molar-refractivity contribution in [2.24, 2.45) is 0 Å². The zero-order chi connectivity index (χ0) is 23.8. The van der Waals surface area contributed by atoms with E-state index in [2.05, 4.69) is 4.72 Å². The van der Waals surface area contributed by atoms with E-state index in [0.29, 0.717) is 18.8 Å². The number of nitrogens with zero attached hydrogens (tertiary/aromatic N) is 1. The summed E-state index contributed by atoms with van der Waals surface area (Å²) in [5.41, 5.74) is 1.90. The second-order valence-electron chi connectivity index (χ2n) is 6.21. The maximum absolute atomic E-state index is 11.6. The van der Waals surface area contributed by atoms with Crippen LogP contribution in [0.15, 0.2) is 48.5 Å². The maximum Gasteiger partial charge on any atom is 0.490 e. The van der Waals surface area contributed by atoms with Gasteiger partial charge in [-0.2, -0.15) is 13.2 Å². The van der Waals surface area contributed by atoms with Crippen LogP contribution >= 0.6 is 0 Å². The van der Waals surface area contributed by atoms with Crippen molar-refractivity contribution in [2.45, 2.75) is 19.6 Å². The molecule has 0 radical (unpaired) electrons. The molecule has 2 aromatic carbocycles. The van der Waals surface area contributed by atoms with Crippen LogP contribution in [0.5, 0.6) is 0 Å². The molecule has 2 aromatic rings. The Morgan fingerprint density at radius 3 is 2.03 bits per heavy atom. The second kappa shape index (κ2) is 10.7. The van der Waals surface area contributed by atoms with Crippen LogP contribution in [0.4, 0.5) is 24.5 Å². The molecule has 0 saturated carbocycles. The summed E-state index contributed by atoms with van der Waals surface area (Å²) in [5.74, 6) is -3.86. The number of benzene rings is 2. The normalized spacial score (nSPS) is 11.1. The highest BCUT2D eigenvalue weighted by molar-refractivity contribution is 7.92. The Labute approximate surface area is 177 Å². The average molecular weight is 462 g/mol. The van der Waals surface area contributed by atoms with E-state index < -0.39 is 28.1 Å². The van der Waals surface area contributed by atoms with Crippen LogP contribution in [0.2, 0.25) is 0 Å². The molecular formula is C19H21F3N2O6S. The lowest BCUT2D eigenvalue weighted by Crippen LogP contribution is -2.24. The minimum Gasteiger partial charge on any atom is -0.478 e. The maximum atomic E-state index is 11.6. The van der Waals surface area contributed by atoms with E-state index in [-0.39, 0.29) is 11.3 Å². The Bertz CT molecular complexity index is 1010. The fourth-order valence-electron chi connectivity index (χ4n) is 2.43. The fourth-order valence-corrected chi connectivity index (χ4v) is 2.99. The van der Waals surface area contributed by atoms with Gasteiger partial charge in [0.15, 0.2) is 0 Å². The lowest BCUT2D eigenvalue weighted by atomic mass is 10.1. The molecule has 2 rings (SSSR count). The molecule has 31 heavy (non-hydrogen) atoms. The molecule has 0 atom stereocenters. The number of anilines is 2. The number of carboxylic acid groups (broad SMARTS) is 2. The van der Waals surface area contributed by atoms with E-state index in [0.717, 1.165) is 11.8 Å². The van der Waals surface area contributed by atoms with Gasteiger partial charge in [-0.3, -0.25) is 4.72 Å². The second-order valence-corrected chi connectivity index (χ2v) is 7.96. The summed E-state index contributed by atoms with van der Waals surface area (Å²) in [7, 11) is -3.46. The summed E-state index contributed by atoms with van der Waals surface area (Å²) < 4.78 is 56.7. The van der Waals surface area contributed by atoms with Crippen LogP contribution in [0.25, 0.3) is 0 Å². The Morgan fingerprint density at radius 1 is 1.06 bits per heavy atom. The Morgan fingerprint density at radius 2 is 1.61 bits per heavy atom. The van der Waals surface area contributed by atoms with E-state index in [9.17, 15) is 31.5 Å². The first kappa shape index (κ1) is 25.8. The summed E-state index contributed by atoms with van der Waals surface area (Å²) in [6.07, 6.45) is -4.06. The van der Waals surface area contributed by atoms with E-state index in [4.69, 9.17) is 9.90 Å². The van der Waals surface area contributed by atoms with Gasteiger partial charge >= 0.3 is 18.1 Å². The minimum absolute atomic E-state index is 0.0569. The van der Waals surface area contributed by atoms with Crippen molar-refractivity contribution in [3.63, 3.8) is 0 Å². The van der Waals surface area contributed by atoms with Crippen LogP contribution in [0.1, 0.15) is 22.8 Å². The smallest absolute Gasteiger partial charge is 0.478 e. The summed E-state index contributed by atoms with van der Waals surface area (Å²) in [5, 5.41) is 16.6. The Balaban J connectivity index is 0.000000592. The van der Waals surface area contributed by atoms with Crippen LogP contribution in [-0.2, 0) is 21.4 Å². The molecule has 8 nitrogen and oxygen atoms in total. The number of nitrogens with one attached hydrogen (secondary N) is 1. The lowest BCUT2D eigenvalue weighted by molar-refractivity contribution is -0.192. The number of aliphatic carboxylic acids is 1. The number of carboxylic acids is 2. The van der Waals surface area contributed by atoms with Gasteiger partial charge in [0.05, 0.1) is 17.5 Å². The molecule has 0 aromatic heterocycles. The minimum atomic E-state index is -5.08. The first-order valence-corrected chi connectivity index (χ1v) is 10.6. The van der Waals surface area contributed by atoms with Crippen LogP contribution in [0.3, 0.4) is 0 Å². The number of aromatic carboxylic acids is 1. The number of alkyl halides is 3. The molecule has 0 aliphatic rings. The van der Waals surface area contributed by atoms with Gasteiger partial charge in [0.25, 0.3) is 0 Å². The number of sulfonamides is 1. The fraction of sp³-hybridized carbons (Fsp3) is 0.263. The molecule has 0 saturated heterocycles. The standard InChI is InChI=1S/C17H20N2O4S.C2HF3O2/c1-3-19(12-13-7-5-4-6-8-13)16-10-9-14(18-24(2,22)23)11-15(16)17(20)21;3-2(4,5)1(6)7/h4-11,18H,3,12H2,1-2H3,(H,20,21);(H,6,7). The molecule has 12 heteroatoms. The first-order chi connectivity index (χ1) is 14.2. The third-order valence-electron chi connectivity index (χ3n) is 3.71. The van der Waals surface area contributed by atoms with Crippen molar-refractivity contribution in [1.82, 2.24) is 0 Å². The van der Waals surface area contributed by atoms with Crippen molar-refractivity contribution < 1.29 is 41.4 Å². The monoisotopic (exact) mass is 462 g/mol. The molecule has 3 N–H and O–H groups in total. The predicted molar refractivity (Wildman–Crippen MR) is 109 cm³/mol. The van der Waals surface area contributed by atoms with Gasteiger partial charge in [-0.25, -0.2) is 18.0 Å². The molecule has 0 heterocycles. The third kappa shape index (κ3) is 8.95. The number of rotatable bonds is 7.